The second-order valence-electron chi connectivity index (χ2n) is 18.9. The van der Waals surface area contributed by atoms with Crippen LogP contribution in [0.15, 0.2) is 243 Å². The van der Waals surface area contributed by atoms with E-state index in [1.54, 1.807) is 6.07 Å². The van der Waals surface area contributed by atoms with Crippen LogP contribution in [0.3, 0.4) is 0 Å². The Balaban J connectivity index is 1.06. The Kier molecular flexibility index (Phi) is 11.0. The maximum absolute atomic E-state index is 11.3. The molecule has 0 fully saturated rings. The number of nitriles is 2. The Morgan fingerprint density at radius 1 is 0.269 bits per heavy atom. The highest BCUT2D eigenvalue weighted by molar-refractivity contribution is 6.13. The minimum absolute atomic E-state index is 0.442. The molecule has 4 heterocycles. The van der Waals surface area contributed by atoms with Gasteiger partial charge in [0.25, 0.3) is 0 Å². The van der Waals surface area contributed by atoms with E-state index >= 15 is 0 Å². The molecule has 0 saturated carbocycles. The number of nitrogens with zero attached hydrogens (tertiary/aromatic N) is 10. The van der Waals surface area contributed by atoms with E-state index in [-0.39, 0.29) is 0 Å². The average Bonchev–Trinajstić information content (AvgIpc) is 4.22. The normalized spacial score (nSPS) is 11.3. The highest BCUT2D eigenvalue weighted by Crippen LogP contribution is 2.43. The van der Waals surface area contributed by atoms with Gasteiger partial charge in [-0.3, -0.25) is 0 Å². The van der Waals surface area contributed by atoms with E-state index in [2.05, 4.69) is 106 Å². The maximum atomic E-state index is 11.3. The van der Waals surface area contributed by atoms with Crippen molar-refractivity contribution in [1.82, 2.24) is 39.0 Å². The monoisotopic (exact) mass is 996 g/mol. The molecule has 0 aliphatic heterocycles. The van der Waals surface area contributed by atoms with Crippen molar-refractivity contribution in [3.63, 3.8) is 0 Å². The van der Waals surface area contributed by atoms with E-state index in [4.69, 9.17) is 29.9 Å². The summed E-state index contributed by atoms with van der Waals surface area (Å²) in [6.45, 7) is 0. The van der Waals surface area contributed by atoms with Gasteiger partial charge < -0.3 is 9.13 Å². The first-order valence-electron chi connectivity index (χ1n) is 25.5. The Morgan fingerprint density at radius 3 is 1.04 bits per heavy atom. The molecule has 0 aliphatic carbocycles. The van der Waals surface area contributed by atoms with Crippen molar-refractivity contribution in [2.75, 3.05) is 0 Å². The summed E-state index contributed by atoms with van der Waals surface area (Å²) < 4.78 is 4.54. The highest BCUT2D eigenvalue weighted by atomic mass is 15.1. The minimum Gasteiger partial charge on any atom is -0.307 e. The molecule has 14 aromatic rings. The molecule has 10 heteroatoms. The van der Waals surface area contributed by atoms with Crippen molar-refractivity contribution in [2.45, 2.75) is 0 Å². The van der Waals surface area contributed by atoms with E-state index in [0.29, 0.717) is 51.6 Å². The summed E-state index contributed by atoms with van der Waals surface area (Å²) in [5, 5.41) is 25.5. The molecule has 0 bridgehead atoms. The minimum atomic E-state index is 0.442. The molecule has 10 nitrogen and oxygen atoms in total. The first kappa shape index (κ1) is 45.4. The molecular formula is C68H40N10. The maximum Gasteiger partial charge on any atom is 0.164 e. The summed E-state index contributed by atoms with van der Waals surface area (Å²) in [6, 6.07) is 85.8. The average molecular weight is 997 g/mol. The smallest absolute Gasteiger partial charge is 0.164 e. The third-order valence-electron chi connectivity index (χ3n) is 14.3. The molecule has 0 atom stereocenters. The number of hydrogen-bond acceptors (Lipinski definition) is 8. The van der Waals surface area contributed by atoms with Gasteiger partial charge in [-0.15, -0.1) is 0 Å². The lowest BCUT2D eigenvalue weighted by Crippen LogP contribution is -2.06. The molecule has 4 aromatic heterocycles. The predicted molar refractivity (Wildman–Crippen MR) is 309 cm³/mol. The topological polar surface area (TPSA) is 135 Å². The van der Waals surface area contributed by atoms with Crippen LogP contribution in [0.1, 0.15) is 11.1 Å². The SMILES string of the molecule is N#Cc1cccc(-c2cc(-n3c4ccccc4c4ccc(-c5nc(-c6ccccc6)nc(-c6ccccc6)n5)cc43)c(-n3c4ccccc4c4ccc(-c5nc(-c6ccccc6)nc(-c6ccccc6)n5)cc43)cc2C#N)c1. The van der Waals surface area contributed by atoms with Gasteiger partial charge in [-0.2, -0.15) is 10.5 Å². The lowest BCUT2D eigenvalue weighted by Gasteiger charge is -2.20. The van der Waals surface area contributed by atoms with Gasteiger partial charge in [0.2, 0.25) is 0 Å². The molecule has 0 amide bonds. The quantitative estimate of drug-likeness (QED) is 0.139. The molecular weight excluding hydrogens is 957 g/mol. The fourth-order valence-electron chi connectivity index (χ4n) is 10.6. The Labute approximate surface area is 447 Å². The van der Waals surface area contributed by atoms with Crippen LogP contribution in [0.5, 0.6) is 0 Å². The molecule has 14 rings (SSSR count). The molecule has 10 aromatic carbocycles. The van der Waals surface area contributed by atoms with E-state index in [1.165, 1.54) is 0 Å². The Bertz CT molecular complexity index is 4630. The van der Waals surface area contributed by atoms with E-state index < -0.39 is 0 Å². The van der Waals surface area contributed by atoms with Gasteiger partial charge in [-0.05, 0) is 54.1 Å². The van der Waals surface area contributed by atoms with Crippen molar-refractivity contribution < 1.29 is 0 Å². The van der Waals surface area contributed by atoms with Gasteiger partial charge in [-0.25, -0.2) is 29.9 Å². The van der Waals surface area contributed by atoms with E-state index in [9.17, 15) is 10.5 Å². The van der Waals surface area contributed by atoms with Gasteiger partial charge in [0, 0.05) is 60.5 Å². The Morgan fingerprint density at radius 2 is 0.628 bits per heavy atom. The van der Waals surface area contributed by atoms with Crippen LogP contribution >= 0.6 is 0 Å². The van der Waals surface area contributed by atoms with Crippen LogP contribution in [-0.2, 0) is 0 Å². The molecule has 362 valence electrons. The van der Waals surface area contributed by atoms with Crippen molar-refractivity contribution in [3.8, 4) is 103 Å². The van der Waals surface area contributed by atoms with Gasteiger partial charge in [0.15, 0.2) is 34.9 Å². The summed E-state index contributed by atoms with van der Waals surface area (Å²) in [5.41, 5.74) is 12.7. The molecule has 0 saturated heterocycles. The number of rotatable bonds is 9. The summed E-state index contributed by atoms with van der Waals surface area (Å²) in [5.74, 6) is 3.30. The van der Waals surface area contributed by atoms with Gasteiger partial charge in [-0.1, -0.05) is 194 Å². The van der Waals surface area contributed by atoms with Crippen molar-refractivity contribution in [1.29, 1.82) is 10.5 Å². The molecule has 0 radical (unpaired) electrons. The zero-order chi connectivity index (χ0) is 52.1. The van der Waals surface area contributed by atoms with Crippen LogP contribution < -0.4 is 0 Å². The van der Waals surface area contributed by atoms with Crippen molar-refractivity contribution >= 4 is 43.6 Å². The number of benzene rings is 10. The van der Waals surface area contributed by atoms with Gasteiger partial charge in [0.05, 0.1) is 56.7 Å². The first-order valence-corrected chi connectivity index (χ1v) is 25.5. The number of hydrogen-bond donors (Lipinski definition) is 0. The summed E-state index contributed by atoms with van der Waals surface area (Å²) in [4.78, 5) is 30.6. The lowest BCUT2D eigenvalue weighted by molar-refractivity contribution is 1.07. The molecule has 0 N–H and O–H groups in total. The first-order chi connectivity index (χ1) is 38.6. The largest absolute Gasteiger partial charge is 0.307 e. The zero-order valence-corrected chi connectivity index (χ0v) is 41.6. The van der Waals surface area contributed by atoms with Gasteiger partial charge in [0.1, 0.15) is 0 Å². The molecule has 0 unspecified atom stereocenters. The van der Waals surface area contributed by atoms with Crippen LogP contribution in [0.2, 0.25) is 0 Å². The summed E-state index contributed by atoms with van der Waals surface area (Å²) in [7, 11) is 0. The molecule has 0 aliphatic rings. The highest BCUT2D eigenvalue weighted by Gasteiger charge is 2.24. The predicted octanol–water partition coefficient (Wildman–Crippen LogP) is 15.7. The summed E-state index contributed by atoms with van der Waals surface area (Å²) >= 11 is 0. The molecule has 0 spiro atoms. The van der Waals surface area contributed by atoms with Crippen LogP contribution in [0.25, 0.3) is 134 Å². The number of aromatic nitrogens is 8. The lowest BCUT2D eigenvalue weighted by atomic mass is 9.96. The van der Waals surface area contributed by atoms with E-state index in [0.717, 1.165) is 93.9 Å². The van der Waals surface area contributed by atoms with Crippen LogP contribution in [-0.4, -0.2) is 39.0 Å². The second kappa shape index (κ2) is 18.9. The fourth-order valence-corrected chi connectivity index (χ4v) is 10.6. The number of fused-ring (bicyclic) bond motifs is 6. The summed E-state index contributed by atoms with van der Waals surface area (Å²) in [6.07, 6.45) is 0. The van der Waals surface area contributed by atoms with Gasteiger partial charge >= 0.3 is 0 Å². The van der Waals surface area contributed by atoms with Crippen molar-refractivity contribution in [3.05, 3.63) is 254 Å². The van der Waals surface area contributed by atoms with E-state index in [1.807, 2.05) is 152 Å². The fraction of sp³-hybridized carbons (Fsp3) is 0. The van der Waals surface area contributed by atoms with Crippen molar-refractivity contribution in [2.24, 2.45) is 0 Å². The van der Waals surface area contributed by atoms with Crippen LogP contribution in [0, 0.1) is 22.7 Å². The Hall–Kier alpha value is -11.2. The third-order valence-corrected chi connectivity index (χ3v) is 14.3. The standard InChI is InChI=1S/C68H40N10/c69-41-43-18-17-27-48(36-43)56-40-62(78-58-31-16-14-29-53(58)55-35-33-50(38-60(55)78)68-75-65(46-23-9-3-10-24-46)72-66(76-68)47-25-11-4-12-26-47)61(39-51(56)42-70)77-57-30-15-13-28-52(57)54-34-32-49(37-59(54)77)67-73-63(44-19-5-1-6-20-44)71-64(74-67)45-21-7-2-8-22-45/h1-40H. The third kappa shape index (κ3) is 7.89. The van der Waals surface area contributed by atoms with Crippen LogP contribution in [0.4, 0.5) is 0 Å². The zero-order valence-electron chi connectivity index (χ0n) is 41.6. The second-order valence-corrected chi connectivity index (χ2v) is 18.9. The number of para-hydroxylation sites is 2. The molecule has 78 heavy (non-hydrogen) atoms.